The number of rotatable bonds is 5. The number of hydrogen-bond donors (Lipinski definition) is 1. The Morgan fingerprint density at radius 3 is 2.83 bits per heavy atom. The first kappa shape index (κ1) is 29.1. The summed E-state index contributed by atoms with van der Waals surface area (Å²) in [5.41, 5.74) is 6.24. The van der Waals surface area contributed by atoms with E-state index in [-0.39, 0.29) is 46.9 Å². The topological polar surface area (TPSA) is 80.0 Å². The zero-order chi connectivity index (χ0) is 32.2. The Labute approximate surface area is 268 Å². The van der Waals surface area contributed by atoms with Crippen LogP contribution in [0.4, 0.5) is 34.8 Å². The van der Waals surface area contributed by atoms with Gasteiger partial charge in [-0.3, -0.25) is 4.90 Å². The van der Waals surface area contributed by atoms with Crippen molar-refractivity contribution < 1.29 is 27.0 Å². The van der Waals surface area contributed by atoms with Crippen LogP contribution in [0, 0.1) is 29.5 Å². The van der Waals surface area contributed by atoms with Crippen LogP contribution in [-0.4, -0.2) is 84.8 Å². The van der Waals surface area contributed by atoms with Crippen LogP contribution >= 0.6 is 0 Å². The first-order valence-corrected chi connectivity index (χ1v) is 16.3. The molecule has 2 aromatic carbocycles. The smallest absolute Gasteiger partial charge is 0.319 e. The second-order valence-corrected chi connectivity index (χ2v) is 14.0. The van der Waals surface area contributed by atoms with Gasteiger partial charge in [0.25, 0.3) is 0 Å². The van der Waals surface area contributed by atoms with E-state index in [0.29, 0.717) is 72.3 Å². The summed E-state index contributed by atoms with van der Waals surface area (Å²) in [6, 6.07) is 5.57. The lowest BCUT2D eigenvalue weighted by molar-refractivity contribution is 0.107. The number of nitrogens with zero attached hydrogens (tertiary/aromatic N) is 5. The van der Waals surface area contributed by atoms with Crippen LogP contribution < -0.4 is 30.8 Å². The van der Waals surface area contributed by atoms with Gasteiger partial charge < -0.3 is 25.0 Å². The van der Waals surface area contributed by atoms with Gasteiger partial charge in [-0.1, -0.05) is 18.1 Å². The molecule has 47 heavy (non-hydrogen) atoms. The van der Waals surface area contributed by atoms with Crippen molar-refractivity contribution in [2.75, 3.05) is 61.5 Å². The number of benzene rings is 2. The second-order valence-electron chi connectivity index (χ2n) is 14.0. The van der Waals surface area contributed by atoms with Gasteiger partial charge >= 0.3 is 6.01 Å². The number of hydrogen-bond acceptors (Lipinski definition) is 8. The zero-order valence-corrected chi connectivity index (χ0v) is 25.7. The maximum atomic E-state index is 16.9. The van der Waals surface area contributed by atoms with Crippen LogP contribution in [0.15, 0.2) is 24.3 Å². The summed E-state index contributed by atoms with van der Waals surface area (Å²) >= 11 is 0. The van der Waals surface area contributed by atoms with Crippen molar-refractivity contribution in [3.8, 4) is 18.4 Å². The van der Waals surface area contributed by atoms with Crippen molar-refractivity contribution >= 4 is 40.0 Å². The third-order valence-electron chi connectivity index (χ3n) is 11.3. The van der Waals surface area contributed by atoms with Crippen molar-refractivity contribution in [1.29, 1.82) is 0 Å². The molecule has 5 fully saturated rings. The van der Waals surface area contributed by atoms with E-state index in [1.165, 1.54) is 11.0 Å². The van der Waals surface area contributed by atoms with E-state index in [4.69, 9.17) is 26.6 Å². The average Bonchev–Trinajstić information content (AvgIpc) is 3.81. The summed E-state index contributed by atoms with van der Waals surface area (Å²) in [5, 5.41) is 1.31. The fraction of sp³-hybridized carbons (Fsp3) is 0.486. The minimum Gasteiger partial charge on any atom is -0.461 e. The number of alkyl halides is 2. The zero-order valence-electron chi connectivity index (χ0n) is 25.7. The number of aromatic nitrogens is 2. The molecule has 6 aliphatic rings. The van der Waals surface area contributed by atoms with Gasteiger partial charge in [0, 0.05) is 47.3 Å². The molecule has 1 spiro atoms. The standard InChI is InChI=1S/C35H34F4N6O2/c1-2-21-24(36)5-4-19-12-20(40)13-25(27(19)21)44-9-6-22-29(31(44)39)41-33(42-32(22)45-10-11-46-15-23-28(38)30(23)45)47-18-35-7-3-8-43(35)17-34(16-35)14-26(34)37/h1,4-6,12-13,23,26,28,30H,3,7-11,14-18,40H2/t23-,26-,28-,30-,34+,35-/m0/s1. The lowest BCUT2D eigenvalue weighted by Crippen LogP contribution is -2.47. The van der Waals surface area contributed by atoms with Crippen LogP contribution in [0.5, 0.6) is 6.01 Å². The highest BCUT2D eigenvalue weighted by Crippen LogP contribution is 2.62. The maximum absolute atomic E-state index is 16.9. The van der Waals surface area contributed by atoms with E-state index in [9.17, 15) is 13.2 Å². The summed E-state index contributed by atoms with van der Waals surface area (Å²) in [7, 11) is 0. The molecule has 6 atom stereocenters. The molecule has 2 saturated carbocycles. The first-order chi connectivity index (χ1) is 22.7. The molecule has 3 aromatic rings. The third-order valence-corrected chi connectivity index (χ3v) is 11.3. The van der Waals surface area contributed by atoms with Crippen LogP contribution in [0.2, 0.25) is 0 Å². The van der Waals surface area contributed by atoms with Gasteiger partial charge in [0.2, 0.25) is 5.95 Å². The third kappa shape index (κ3) is 4.35. The van der Waals surface area contributed by atoms with Crippen LogP contribution in [0.25, 0.3) is 22.8 Å². The Kier molecular flexibility index (Phi) is 6.32. The number of anilines is 3. The van der Waals surface area contributed by atoms with Crippen molar-refractivity contribution in [2.45, 2.75) is 49.6 Å². The van der Waals surface area contributed by atoms with Gasteiger partial charge in [0.05, 0.1) is 36.0 Å². The van der Waals surface area contributed by atoms with Gasteiger partial charge in [-0.25, -0.2) is 13.2 Å². The number of fused-ring (bicyclic) bond motifs is 4. The fourth-order valence-corrected chi connectivity index (χ4v) is 8.73. The van der Waals surface area contributed by atoms with Gasteiger partial charge in [-0.2, -0.15) is 14.4 Å². The maximum Gasteiger partial charge on any atom is 0.319 e. The minimum absolute atomic E-state index is 0.00251. The van der Waals surface area contributed by atoms with E-state index < -0.39 is 30.2 Å². The van der Waals surface area contributed by atoms with Crippen molar-refractivity contribution in [3.63, 3.8) is 0 Å². The predicted molar refractivity (Wildman–Crippen MR) is 170 cm³/mol. The predicted octanol–water partition coefficient (Wildman–Crippen LogP) is 3.19. The van der Waals surface area contributed by atoms with E-state index in [0.717, 1.165) is 19.4 Å². The highest BCUT2D eigenvalue weighted by atomic mass is 19.1. The molecule has 0 radical (unpaired) electrons. The lowest BCUT2D eigenvalue weighted by atomic mass is 9.89. The summed E-state index contributed by atoms with van der Waals surface area (Å²) in [6.07, 6.45) is 8.75. The van der Waals surface area contributed by atoms with E-state index >= 15 is 4.39 Å². The fourth-order valence-electron chi connectivity index (χ4n) is 8.73. The molecule has 0 unspecified atom stereocenters. The molecule has 12 heteroatoms. The Balaban J connectivity index is 1.17. The van der Waals surface area contributed by atoms with Gasteiger partial charge in [-0.05, 0) is 55.8 Å². The van der Waals surface area contributed by atoms with Gasteiger partial charge in [0.15, 0.2) is 0 Å². The average molecular weight is 647 g/mol. The number of ether oxygens (including phenoxy) is 2. The molecule has 0 amide bonds. The SMILES string of the molecule is C#Cc1c(F)ccc2cc(N)cc(N3CC=c4c(N5CCOC[C@H]6[C@H](F)[C@H]65)nc(OC[C@@]56CCCN5C[C@@]5(C[C@@H]5F)C6)nc4=C3F)c12. The molecule has 0 bridgehead atoms. The highest BCUT2D eigenvalue weighted by Gasteiger charge is 2.67. The first-order valence-electron chi connectivity index (χ1n) is 16.3. The highest BCUT2D eigenvalue weighted by molar-refractivity contribution is 6.03. The Morgan fingerprint density at radius 1 is 1.17 bits per heavy atom. The summed E-state index contributed by atoms with van der Waals surface area (Å²) in [6.45, 7) is 2.91. The second kappa shape index (κ2) is 10.2. The summed E-state index contributed by atoms with van der Waals surface area (Å²) in [4.78, 5) is 14.9. The number of halogens is 4. The minimum atomic E-state index is -1.09. The van der Waals surface area contributed by atoms with E-state index in [1.807, 2.05) is 4.90 Å². The number of nitrogen functional groups attached to an aromatic ring is 1. The van der Waals surface area contributed by atoms with Crippen LogP contribution in [0.1, 0.15) is 31.2 Å². The lowest BCUT2D eigenvalue weighted by Gasteiger charge is -2.32. The number of terminal acetylenes is 1. The van der Waals surface area contributed by atoms with Crippen molar-refractivity contribution in [2.24, 2.45) is 11.3 Å². The van der Waals surface area contributed by atoms with E-state index in [1.54, 1.807) is 24.3 Å². The molecule has 2 N–H and O–H groups in total. The molecular weight excluding hydrogens is 612 g/mol. The summed E-state index contributed by atoms with van der Waals surface area (Å²) in [5.74, 6) is 1.17. The molecule has 244 valence electrons. The molecule has 1 aromatic heterocycles. The molecular formula is C35H34F4N6O2. The molecule has 8 nitrogen and oxygen atoms in total. The van der Waals surface area contributed by atoms with Crippen molar-refractivity contribution in [1.82, 2.24) is 14.9 Å². The normalized spacial score (nSPS) is 32.4. The Morgan fingerprint density at radius 2 is 2.02 bits per heavy atom. The molecule has 9 rings (SSSR count). The van der Waals surface area contributed by atoms with Crippen LogP contribution in [0.3, 0.4) is 0 Å². The number of nitrogens with two attached hydrogens (primary N) is 1. The Hall–Kier alpha value is -4.08. The summed E-state index contributed by atoms with van der Waals surface area (Å²) < 4.78 is 73.3. The largest absolute Gasteiger partial charge is 0.461 e. The molecule has 5 heterocycles. The quantitative estimate of drug-likeness (QED) is 0.196. The van der Waals surface area contributed by atoms with Crippen LogP contribution in [-0.2, 0) is 4.74 Å². The molecule has 4 aliphatic heterocycles. The molecule has 2 aliphatic carbocycles. The van der Waals surface area contributed by atoms with Gasteiger partial charge in [-0.15, -0.1) is 6.42 Å². The molecule has 3 saturated heterocycles. The van der Waals surface area contributed by atoms with E-state index in [2.05, 4.69) is 15.8 Å². The van der Waals surface area contributed by atoms with Crippen molar-refractivity contribution in [3.05, 3.63) is 46.2 Å². The van der Waals surface area contributed by atoms with Gasteiger partial charge in [0.1, 0.15) is 35.9 Å². The Bertz CT molecular complexity index is 2000. The monoisotopic (exact) mass is 646 g/mol.